The van der Waals surface area contributed by atoms with Crippen LogP contribution in [-0.4, -0.2) is 6.54 Å². The normalized spacial score (nSPS) is 27.6. The van der Waals surface area contributed by atoms with E-state index in [1.165, 1.54) is 12.5 Å². The van der Waals surface area contributed by atoms with E-state index in [4.69, 9.17) is 11.6 Å². The molecule has 0 radical (unpaired) electrons. The highest BCUT2D eigenvalue weighted by molar-refractivity contribution is 6.30. The minimum atomic E-state index is -0.140. The van der Waals surface area contributed by atoms with Crippen LogP contribution in [0.15, 0.2) is 18.2 Å². The molecule has 0 aromatic heterocycles. The Morgan fingerprint density at radius 1 is 1.24 bits per heavy atom. The summed E-state index contributed by atoms with van der Waals surface area (Å²) in [5, 5.41) is 4.18. The third-order valence-corrected chi connectivity index (χ3v) is 4.83. The van der Waals surface area contributed by atoms with E-state index >= 15 is 0 Å². The summed E-state index contributed by atoms with van der Waals surface area (Å²) in [5.74, 6) is 1.78. The SMILES string of the molecule is CCCNC(c1cc(Cl)ccc1F)C1CC(C)CC(C)C1. The van der Waals surface area contributed by atoms with Gasteiger partial charge in [0.15, 0.2) is 0 Å². The summed E-state index contributed by atoms with van der Waals surface area (Å²) in [6.45, 7) is 7.68. The highest BCUT2D eigenvalue weighted by Crippen LogP contribution is 2.40. The summed E-state index contributed by atoms with van der Waals surface area (Å²) < 4.78 is 14.3. The maximum absolute atomic E-state index is 14.3. The van der Waals surface area contributed by atoms with E-state index in [1.807, 2.05) is 0 Å². The van der Waals surface area contributed by atoms with E-state index < -0.39 is 0 Å². The number of rotatable bonds is 5. The number of halogens is 2. The molecule has 2 rings (SSSR count). The zero-order valence-electron chi connectivity index (χ0n) is 13.3. The van der Waals surface area contributed by atoms with E-state index in [-0.39, 0.29) is 11.9 Å². The molecule has 0 aliphatic heterocycles. The molecule has 1 N–H and O–H groups in total. The van der Waals surface area contributed by atoms with Crippen LogP contribution in [0.1, 0.15) is 58.1 Å². The van der Waals surface area contributed by atoms with E-state index in [9.17, 15) is 4.39 Å². The molecular formula is C18H27ClFN. The molecule has 21 heavy (non-hydrogen) atoms. The summed E-state index contributed by atoms with van der Waals surface area (Å²) in [6, 6.07) is 5.00. The fourth-order valence-electron chi connectivity index (χ4n) is 3.86. The first-order chi connectivity index (χ1) is 10.0. The highest BCUT2D eigenvalue weighted by Gasteiger charge is 2.32. The molecule has 0 heterocycles. The molecule has 1 aliphatic carbocycles. The summed E-state index contributed by atoms with van der Waals surface area (Å²) in [6.07, 6.45) is 4.67. The quantitative estimate of drug-likeness (QED) is 0.747. The van der Waals surface area contributed by atoms with Crippen molar-refractivity contribution in [3.05, 3.63) is 34.6 Å². The fraction of sp³-hybridized carbons (Fsp3) is 0.667. The maximum atomic E-state index is 14.3. The van der Waals surface area contributed by atoms with Crippen LogP contribution in [0.3, 0.4) is 0 Å². The Kier molecular flexibility index (Phi) is 6.07. The van der Waals surface area contributed by atoms with Gasteiger partial charge < -0.3 is 5.32 Å². The summed E-state index contributed by atoms with van der Waals surface area (Å²) in [5.41, 5.74) is 0.738. The topological polar surface area (TPSA) is 12.0 Å². The van der Waals surface area contributed by atoms with Gasteiger partial charge in [0.25, 0.3) is 0 Å². The predicted octanol–water partition coefficient (Wildman–Crippen LogP) is 5.59. The molecule has 3 unspecified atom stereocenters. The monoisotopic (exact) mass is 311 g/mol. The molecule has 3 atom stereocenters. The molecule has 3 heteroatoms. The van der Waals surface area contributed by atoms with Gasteiger partial charge in [0.2, 0.25) is 0 Å². The number of hydrogen-bond acceptors (Lipinski definition) is 1. The predicted molar refractivity (Wildman–Crippen MR) is 88.1 cm³/mol. The molecule has 0 spiro atoms. The minimum absolute atomic E-state index is 0.0776. The number of hydrogen-bond donors (Lipinski definition) is 1. The molecule has 0 amide bonds. The van der Waals surface area contributed by atoms with E-state index in [0.717, 1.165) is 31.4 Å². The zero-order valence-corrected chi connectivity index (χ0v) is 14.1. The van der Waals surface area contributed by atoms with Crippen LogP contribution in [0.25, 0.3) is 0 Å². The van der Waals surface area contributed by atoms with Gasteiger partial charge in [-0.15, -0.1) is 0 Å². The molecule has 1 saturated carbocycles. The van der Waals surface area contributed by atoms with Gasteiger partial charge in [-0.1, -0.05) is 32.4 Å². The Morgan fingerprint density at radius 2 is 1.90 bits per heavy atom. The molecule has 1 aliphatic rings. The first-order valence-electron chi connectivity index (χ1n) is 8.19. The Balaban J connectivity index is 2.26. The molecule has 118 valence electrons. The van der Waals surface area contributed by atoms with Gasteiger partial charge in [-0.3, -0.25) is 0 Å². The van der Waals surface area contributed by atoms with Crippen LogP contribution in [0.4, 0.5) is 4.39 Å². The van der Waals surface area contributed by atoms with Gasteiger partial charge >= 0.3 is 0 Å². The third kappa shape index (κ3) is 4.43. The third-order valence-electron chi connectivity index (χ3n) is 4.59. The van der Waals surface area contributed by atoms with Gasteiger partial charge in [0.05, 0.1) is 0 Å². The number of nitrogens with one attached hydrogen (secondary N) is 1. The molecule has 0 saturated heterocycles. The van der Waals surface area contributed by atoms with Crippen molar-refractivity contribution in [1.82, 2.24) is 5.32 Å². The van der Waals surface area contributed by atoms with E-state index in [1.54, 1.807) is 12.1 Å². The molecule has 1 fully saturated rings. The summed E-state index contributed by atoms with van der Waals surface area (Å²) >= 11 is 6.10. The van der Waals surface area contributed by atoms with E-state index in [2.05, 4.69) is 26.1 Å². The Hall–Kier alpha value is -0.600. The molecular weight excluding hydrogens is 285 g/mol. The van der Waals surface area contributed by atoms with Crippen LogP contribution in [0, 0.1) is 23.6 Å². The fourth-order valence-corrected chi connectivity index (χ4v) is 4.05. The smallest absolute Gasteiger partial charge is 0.128 e. The average molecular weight is 312 g/mol. The van der Waals surface area contributed by atoms with Gasteiger partial charge in [-0.2, -0.15) is 0 Å². The van der Waals surface area contributed by atoms with Crippen molar-refractivity contribution in [2.75, 3.05) is 6.54 Å². The molecule has 0 bridgehead atoms. The minimum Gasteiger partial charge on any atom is -0.310 e. The Bertz CT molecular complexity index is 453. The van der Waals surface area contributed by atoms with Crippen molar-refractivity contribution in [2.45, 2.75) is 52.5 Å². The average Bonchev–Trinajstić information content (AvgIpc) is 2.42. The lowest BCUT2D eigenvalue weighted by atomic mass is 9.72. The van der Waals surface area contributed by atoms with Crippen molar-refractivity contribution in [2.24, 2.45) is 17.8 Å². The first kappa shape index (κ1) is 16.8. The second-order valence-electron chi connectivity index (χ2n) is 6.78. The van der Waals surface area contributed by atoms with Crippen molar-refractivity contribution < 1.29 is 4.39 Å². The van der Waals surface area contributed by atoms with Crippen molar-refractivity contribution in [3.63, 3.8) is 0 Å². The second-order valence-corrected chi connectivity index (χ2v) is 7.21. The lowest BCUT2D eigenvalue weighted by molar-refractivity contribution is 0.174. The molecule has 1 nitrogen and oxygen atoms in total. The second kappa shape index (κ2) is 7.60. The summed E-state index contributed by atoms with van der Waals surface area (Å²) in [4.78, 5) is 0. The standard InChI is InChI=1S/C18H27ClFN/c1-4-7-21-18(14-9-12(2)8-13(3)10-14)16-11-15(19)5-6-17(16)20/h5-6,11-14,18,21H,4,7-10H2,1-3H3. The van der Waals surface area contributed by atoms with Gasteiger partial charge in [0, 0.05) is 16.6 Å². The van der Waals surface area contributed by atoms with Gasteiger partial charge in [-0.05, 0) is 68.2 Å². The molecule has 1 aromatic rings. The van der Waals surface area contributed by atoms with Crippen LogP contribution in [0.2, 0.25) is 5.02 Å². The van der Waals surface area contributed by atoms with Gasteiger partial charge in [-0.25, -0.2) is 4.39 Å². The first-order valence-corrected chi connectivity index (χ1v) is 8.57. The highest BCUT2D eigenvalue weighted by atomic mass is 35.5. The van der Waals surface area contributed by atoms with Crippen molar-refractivity contribution >= 4 is 11.6 Å². The Labute approximate surface area is 133 Å². The van der Waals surface area contributed by atoms with Crippen LogP contribution >= 0.6 is 11.6 Å². The van der Waals surface area contributed by atoms with Crippen LogP contribution in [-0.2, 0) is 0 Å². The zero-order chi connectivity index (χ0) is 15.4. The maximum Gasteiger partial charge on any atom is 0.128 e. The van der Waals surface area contributed by atoms with Gasteiger partial charge in [0.1, 0.15) is 5.82 Å². The van der Waals surface area contributed by atoms with Crippen LogP contribution in [0.5, 0.6) is 0 Å². The van der Waals surface area contributed by atoms with Crippen LogP contribution < -0.4 is 5.32 Å². The Morgan fingerprint density at radius 3 is 2.52 bits per heavy atom. The number of benzene rings is 1. The lowest BCUT2D eigenvalue weighted by Gasteiger charge is -2.37. The van der Waals surface area contributed by atoms with E-state index in [0.29, 0.717) is 22.8 Å². The lowest BCUT2D eigenvalue weighted by Crippen LogP contribution is -2.34. The van der Waals surface area contributed by atoms with Crippen molar-refractivity contribution in [3.8, 4) is 0 Å². The van der Waals surface area contributed by atoms with Crippen molar-refractivity contribution in [1.29, 1.82) is 0 Å². The molecule has 1 aromatic carbocycles. The summed E-state index contributed by atoms with van der Waals surface area (Å²) in [7, 11) is 0. The largest absolute Gasteiger partial charge is 0.310 e.